The van der Waals surface area contributed by atoms with Crippen molar-refractivity contribution in [2.24, 2.45) is 11.5 Å². The first kappa shape index (κ1) is 14.7. The minimum atomic E-state index is -0.957. The summed E-state index contributed by atoms with van der Waals surface area (Å²) in [6.07, 6.45) is 2.64. The van der Waals surface area contributed by atoms with Crippen molar-refractivity contribution in [1.82, 2.24) is 0 Å². The number of hydrogen-bond acceptors (Lipinski definition) is 4. The molecule has 1 aromatic rings. The fourth-order valence-corrected chi connectivity index (χ4v) is 2.63. The van der Waals surface area contributed by atoms with Gasteiger partial charge in [0.05, 0.1) is 12.6 Å². The van der Waals surface area contributed by atoms with Gasteiger partial charge in [0.25, 0.3) is 0 Å². The lowest BCUT2D eigenvalue weighted by Crippen LogP contribution is -2.56. The Balaban J connectivity index is 2.12. The summed E-state index contributed by atoms with van der Waals surface area (Å²) in [6, 6.07) is 5.76. The van der Waals surface area contributed by atoms with Crippen molar-refractivity contribution in [3.8, 4) is 11.5 Å². The number of aryl methyl sites for hydroxylation is 1. The molecule has 2 atom stereocenters. The maximum atomic E-state index is 11.5. The number of nitrogens with two attached hydrogens (primary N) is 2. The average molecular weight is 278 g/mol. The number of rotatable bonds is 4. The molecule has 5 nitrogen and oxygen atoms in total. The monoisotopic (exact) mass is 278 g/mol. The highest BCUT2D eigenvalue weighted by molar-refractivity contribution is 5.84. The summed E-state index contributed by atoms with van der Waals surface area (Å²) in [5, 5.41) is 0. The van der Waals surface area contributed by atoms with Crippen molar-refractivity contribution in [2.75, 3.05) is 7.11 Å². The van der Waals surface area contributed by atoms with Gasteiger partial charge in [0.15, 0.2) is 11.5 Å². The molecule has 0 aromatic heterocycles. The second-order valence-corrected chi connectivity index (χ2v) is 5.51. The van der Waals surface area contributed by atoms with Crippen LogP contribution in [0.5, 0.6) is 11.5 Å². The molecule has 0 bridgehead atoms. The predicted molar refractivity (Wildman–Crippen MR) is 76.7 cm³/mol. The quantitative estimate of drug-likeness (QED) is 0.873. The van der Waals surface area contributed by atoms with Gasteiger partial charge in [-0.25, -0.2) is 0 Å². The summed E-state index contributed by atoms with van der Waals surface area (Å²) in [4.78, 5) is 11.5. The van der Waals surface area contributed by atoms with Crippen molar-refractivity contribution >= 4 is 5.91 Å². The Hall–Kier alpha value is -1.75. The van der Waals surface area contributed by atoms with Gasteiger partial charge in [-0.1, -0.05) is 6.07 Å². The van der Waals surface area contributed by atoms with Crippen LogP contribution in [-0.4, -0.2) is 24.7 Å². The van der Waals surface area contributed by atoms with Crippen LogP contribution in [-0.2, 0) is 4.79 Å². The average Bonchev–Trinajstić information content (AvgIpc) is 2.41. The molecular formula is C15H22N2O3. The van der Waals surface area contributed by atoms with Gasteiger partial charge in [0.1, 0.15) is 6.10 Å². The summed E-state index contributed by atoms with van der Waals surface area (Å²) in [7, 11) is 1.61. The third-order valence-corrected chi connectivity index (χ3v) is 3.84. The van der Waals surface area contributed by atoms with E-state index in [1.54, 1.807) is 7.11 Å². The number of hydrogen-bond donors (Lipinski definition) is 2. The predicted octanol–water partition coefficient (Wildman–Crippen LogP) is 1.51. The van der Waals surface area contributed by atoms with Gasteiger partial charge in [0.2, 0.25) is 5.91 Å². The SMILES string of the molecule is COc1cc(C)ccc1OC1CCCC(N)(C(N)=O)C1. The van der Waals surface area contributed by atoms with Crippen molar-refractivity contribution in [2.45, 2.75) is 44.2 Å². The maximum Gasteiger partial charge on any atom is 0.237 e. The first-order valence-electron chi connectivity index (χ1n) is 6.85. The van der Waals surface area contributed by atoms with Crippen LogP contribution >= 0.6 is 0 Å². The molecule has 2 rings (SSSR count). The number of ether oxygens (including phenoxy) is 2. The van der Waals surface area contributed by atoms with Gasteiger partial charge in [-0.15, -0.1) is 0 Å². The number of amides is 1. The Bertz CT molecular complexity index is 504. The zero-order valence-electron chi connectivity index (χ0n) is 12.0. The lowest BCUT2D eigenvalue weighted by atomic mass is 9.80. The molecule has 0 aliphatic heterocycles. The topological polar surface area (TPSA) is 87.6 Å². The summed E-state index contributed by atoms with van der Waals surface area (Å²) >= 11 is 0. The number of carbonyl (C=O) groups excluding carboxylic acids is 1. The van der Waals surface area contributed by atoms with Gasteiger partial charge in [-0.05, 0) is 43.9 Å². The molecule has 2 unspecified atom stereocenters. The minimum absolute atomic E-state index is 0.113. The van der Waals surface area contributed by atoms with E-state index < -0.39 is 11.4 Å². The second-order valence-electron chi connectivity index (χ2n) is 5.51. The molecule has 1 amide bonds. The van der Waals surface area contributed by atoms with Gasteiger partial charge in [-0.2, -0.15) is 0 Å². The number of primary amides is 1. The number of carbonyl (C=O) groups is 1. The molecule has 0 saturated heterocycles. The lowest BCUT2D eigenvalue weighted by molar-refractivity contribution is -0.125. The third kappa shape index (κ3) is 3.04. The summed E-state index contributed by atoms with van der Waals surface area (Å²) in [5.74, 6) is 0.913. The van der Waals surface area contributed by atoms with E-state index in [9.17, 15) is 4.79 Å². The van der Waals surface area contributed by atoms with E-state index in [-0.39, 0.29) is 6.10 Å². The molecule has 0 spiro atoms. The standard InChI is InChI=1S/C15H22N2O3/c1-10-5-6-12(13(8-10)19-2)20-11-4-3-7-15(17,9-11)14(16)18/h5-6,8,11H,3-4,7,9,17H2,1-2H3,(H2,16,18). The molecule has 1 aliphatic carbocycles. The van der Waals surface area contributed by atoms with E-state index in [0.29, 0.717) is 24.3 Å². The van der Waals surface area contributed by atoms with Crippen molar-refractivity contribution in [3.63, 3.8) is 0 Å². The Labute approximate surface area is 119 Å². The summed E-state index contributed by atoms with van der Waals surface area (Å²) < 4.78 is 11.3. The Morgan fingerprint density at radius 2 is 2.15 bits per heavy atom. The molecular weight excluding hydrogens is 256 g/mol. The van der Waals surface area contributed by atoms with E-state index >= 15 is 0 Å². The van der Waals surface area contributed by atoms with Crippen LogP contribution in [0.2, 0.25) is 0 Å². The molecule has 1 aliphatic rings. The van der Waals surface area contributed by atoms with Crippen LogP contribution in [0.4, 0.5) is 0 Å². The summed E-state index contributed by atoms with van der Waals surface area (Å²) in [6.45, 7) is 1.99. The third-order valence-electron chi connectivity index (χ3n) is 3.84. The van der Waals surface area contributed by atoms with Gasteiger partial charge < -0.3 is 20.9 Å². The van der Waals surface area contributed by atoms with E-state index in [2.05, 4.69) is 0 Å². The Morgan fingerprint density at radius 1 is 1.40 bits per heavy atom. The fraction of sp³-hybridized carbons (Fsp3) is 0.533. The van der Waals surface area contributed by atoms with Crippen molar-refractivity contribution in [1.29, 1.82) is 0 Å². The first-order valence-corrected chi connectivity index (χ1v) is 6.85. The maximum absolute atomic E-state index is 11.5. The van der Waals surface area contributed by atoms with Gasteiger partial charge in [-0.3, -0.25) is 4.79 Å². The van der Waals surface area contributed by atoms with Crippen LogP contribution in [0.15, 0.2) is 18.2 Å². The van der Waals surface area contributed by atoms with Gasteiger partial charge >= 0.3 is 0 Å². The van der Waals surface area contributed by atoms with Gasteiger partial charge in [0, 0.05) is 6.42 Å². The minimum Gasteiger partial charge on any atom is -0.493 e. The molecule has 1 fully saturated rings. The number of methoxy groups -OCH3 is 1. The van der Waals surface area contributed by atoms with E-state index in [1.807, 2.05) is 25.1 Å². The van der Waals surface area contributed by atoms with E-state index in [4.69, 9.17) is 20.9 Å². The van der Waals surface area contributed by atoms with E-state index in [0.717, 1.165) is 18.4 Å². The molecule has 110 valence electrons. The molecule has 20 heavy (non-hydrogen) atoms. The van der Waals surface area contributed by atoms with Crippen molar-refractivity contribution < 1.29 is 14.3 Å². The van der Waals surface area contributed by atoms with Crippen LogP contribution in [0.1, 0.15) is 31.2 Å². The zero-order valence-corrected chi connectivity index (χ0v) is 12.0. The molecule has 0 radical (unpaired) electrons. The summed E-state index contributed by atoms with van der Waals surface area (Å²) in [5.41, 5.74) is 11.6. The molecule has 1 saturated carbocycles. The smallest absolute Gasteiger partial charge is 0.237 e. The lowest BCUT2D eigenvalue weighted by Gasteiger charge is -2.35. The first-order chi connectivity index (χ1) is 9.44. The van der Waals surface area contributed by atoms with Crippen molar-refractivity contribution in [3.05, 3.63) is 23.8 Å². The highest BCUT2D eigenvalue weighted by Gasteiger charge is 2.38. The van der Waals surface area contributed by atoms with Crippen LogP contribution in [0.3, 0.4) is 0 Å². The van der Waals surface area contributed by atoms with Crippen LogP contribution in [0.25, 0.3) is 0 Å². The zero-order chi connectivity index (χ0) is 14.8. The largest absolute Gasteiger partial charge is 0.493 e. The fourth-order valence-electron chi connectivity index (χ4n) is 2.63. The second kappa shape index (κ2) is 5.71. The highest BCUT2D eigenvalue weighted by atomic mass is 16.5. The van der Waals surface area contributed by atoms with Crippen LogP contribution in [0, 0.1) is 6.92 Å². The molecule has 4 N–H and O–H groups in total. The Kier molecular flexibility index (Phi) is 4.18. The number of benzene rings is 1. The molecule has 5 heteroatoms. The normalized spacial score (nSPS) is 26.1. The van der Waals surface area contributed by atoms with E-state index in [1.165, 1.54) is 0 Å². The molecule has 1 aromatic carbocycles. The highest BCUT2D eigenvalue weighted by Crippen LogP contribution is 2.33. The molecule has 0 heterocycles. The van der Waals surface area contributed by atoms with Crippen LogP contribution < -0.4 is 20.9 Å². The Morgan fingerprint density at radius 3 is 2.80 bits per heavy atom.